The number of hydrogen-bond donors (Lipinski definition) is 2. The first-order valence-corrected chi connectivity index (χ1v) is 10.5. The average molecular weight is 376 g/mol. The predicted octanol–water partition coefficient (Wildman–Crippen LogP) is 4.60. The van der Waals surface area contributed by atoms with Gasteiger partial charge in [0.15, 0.2) is 0 Å². The summed E-state index contributed by atoms with van der Waals surface area (Å²) in [5.41, 5.74) is 6.04. The fraction of sp³-hybridized carbons (Fsp3) is 0.636. The Morgan fingerprint density at radius 3 is 3.07 bits per heavy atom. The zero-order chi connectivity index (χ0) is 19.2. The van der Waals surface area contributed by atoms with E-state index in [1.165, 1.54) is 45.1 Å². The Morgan fingerprint density at radius 2 is 2.26 bits per heavy atom. The molecule has 152 valence electrons. The summed E-state index contributed by atoms with van der Waals surface area (Å²) >= 11 is 0. The van der Waals surface area contributed by atoms with E-state index in [1.54, 1.807) is 17.3 Å². The third-order valence-electron chi connectivity index (χ3n) is 6.08. The monoisotopic (exact) mass is 375 g/mol. The minimum absolute atomic E-state index is 0. The topological polar surface area (TPSA) is 65.5 Å². The molecule has 1 aliphatic heterocycles. The molecule has 1 aromatic heterocycles. The highest BCUT2D eigenvalue weighted by molar-refractivity contribution is 5.93. The zero-order valence-electron chi connectivity index (χ0n) is 16.7. The van der Waals surface area contributed by atoms with Gasteiger partial charge in [0.05, 0.1) is 11.3 Å². The van der Waals surface area contributed by atoms with Gasteiger partial charge in [-0.15, -0.1) is 0 Å². The lowest BCUT2D eigenvalue weighted by Crippen LogP contribution is -2.36. The number of carbonyl (C=O) groups is 1. The molecule has 0 saturated heterocycles. The minimum Gasteiger partial charge on any atom is -0.297 e. The first kappa shape index (κ1) is 20.0. The number of nitrogens with zero attached hydrogens (tertiary/aromatic N) is 2. The molecule has 5 heteroatoms. The maximum absolute atomic E-state index is 11.5. The molecule has 2 heterocycles. The molecule has 2 aliphatic carbocycles. The number of rotatable bonds is 3. The van der Waals surface area contributed by atoms with Crippen molar-refractivity contribution in [2.45, 2.75) is 65.3 Å². The highest BCUT2D eigenvalue weighted by Gasteiger charge is 2.27. The van der Waals surface area contributed by atoms with Crippen LogP contribution in [0, 0.1) is 11.8 Å². The molecule has 4 rings (SSSR count). The number of fused-ring (bicyclic) bond motifs is 3. The second-order valence-corrected chi connectivity index (χ2v) is 7.92. The Labute approximate surface area is 165 Å². The quantitative estimate of drug-likeness (QED) is 0.460. The van der Waals surface area contributed by atoms with E-state index >= 15 is 0 Å². The minimum atomic E-state index is -0.489. The van der Waals surface area contributed by atoms with Gasteiger partial charge in [0.1, 0.15) is 0 Å². The van der Waals surface area contributed by atoms with Crippen LogP contribution >= 0.6 is 0 Å². The molecule has 0 spiro atoms. The van der Waals surface area contributed by atoms with Crippen molar-refractivity contribution in [1.82, 2.24) is 15.4 Å². The Bertz CT molecular complexity index is 697. The summed E-state index contributed by atoms with van der Waals surface area (Å²) in [7, 11) is 0. The van der Waals surface area contributed by atoms with Crippen LogP contribution in [0.1, 0.15) is 76.8 Å². The molecule has 1 saturated carbocycles. The molecular formula is C22H37N3O2. The number of hydrogen-bond acceptors (Lipinski definition) is 4. The van der Waals surface area contributed by atoms with Crippen LogP contribution < -0.4 is 5.48 Å². The van der Waals surface area contributed by atoms with Crippen molar-refractivity contribution in [3.05, 3.63) is 40.7 Å². The van der Waals surface area contributed by atoms with E-state index in [9.17, 15) is 4.79 Å². The van der Waals surface area contributed by atoms with Gasteiger partial charge in [-0.25, -0.2) is 5.48 Å². The first-order chi connectivity index (χ1) is 13.2. The molecule has 0 radical (unpaired) electrons. The summed E-state index contributed by atoms with van der Waals surface area (Å²) in [4.78, 5) is 18.6. The van der Waals surface area contributed by atoms with Crippen LogP contribution in [0.3, 0.4) is 0 Å². The Balaban J connectivity index is 0.00000102. The summed E-state index contributed by atoms with van der Waals surface area (Å²) in [5, 5.41) is 8.77. The molecule has 1 amide bonds. The van der Waals surface area contributed by atoms with Crippen molar-refractivity contribution >= 4 is 5.91 Å². The largest absolute Gasteiger partial charge is 0.297 e. The lowest BCUT2D eigenvalue weighted by molar-refractivity contribution is 0.0705. The van der Waals surface area contributed by atoms with Crippen LogP contribution in [-0.2, 0) is 13.0 Å². The molecule has 3 aliphatic rings. The molecule has 27 heavy (non-hydrogen) atoms. The SMILES string of the molecule is CC.O=C(NO)c1cnc2c(c1)CCN(CC1CCCC3=CCC(C3)C1)C2.[HH].[HH]. The highest BCUT2D eigenvalue weighted by Crippen LogP contribution is 2.37. The van der Waals surface area contributed by atoms with Crippen LogP contribution in [0.2, 0.25) is 0 Å². The first-order valence-electron chi connectivity index (χ1n) is 10.5. The van der Waals surface area contributed by atoms with Crippen LogP contribution in [0.25, 0.3) is 0 Å². The molecule has 2 bridgehead atoms. The molecule has 5 nitrogen and oxygen atoms in total. The van der Waals surface area contributed by atoms with Crippen molar-refractivity contribution in [2.75, 3.05) is 13.1 Å². The van der Waals surface area contributed by atoms with E-state index in [1.807, 2.05) is 19.9 Å². The highest BCUT2D eigenvalue weighted by atomic mass is 16.5. The normalized spacial score (nSPS) is 24.6. The van der Waals surface area contributed by atoms with Gasteiger partial charge in [-0.3, -0.25) is 19.9 Å². The van der Waals surface area contributed by atoms with Gasteiger partial charge in [0.25, 0.3) is 5.91 Å². The average Bonchev–Trinajstić information content (AvgIpc) is 3.17. The van der Waals surface area contributed by atoms with Crippen molar-refractivity contribution in [2.24, 2.45) is 11.8 Å². The Kier molecular flexibility index (Phi) is 7.02. The number of amides is 1. The van der Waals surface area contributed by atoms with Gasteiger partial charge in [0.2, 0.25) is 0 Å². The molecule has 0 aromatic carbocycles. The lowest BCUT2D eigenvalue weighted by Gasteiger charge is -2.33. The molecule has 2 atom stereocenters. The number of aromatic nitrogens is 1. The molecular weight excluding hydrogens is 338 g/mol. The van der Waals surface area contributed by atoms with Crippen molar-refractivity contribution in [3.8, 4) is 0 Å². The maximum Gasteiger partial charge on any atom is 0.276 e. The van der Waals surface area contributed by atoms with Crippen molar-refractivity contribution < 1.29 is 12.9 Å². The number of hydroxylamine groups is 1. The maximum atomic E-state index is 11.5. The smallest absolute Gasteiger partial charge is 0.276 e. The Hall–Kier alpha value is -1.72. The fourth-order valence-corrected chi connectivity index (χ4v) is 4.80. The van der Waals surface area contributed by atoms with Crippen LogP contribution in [0.15, 0.2) is 23.9 Å². The van der Waals surface area contributed by atoms with E-state index in [-0.39, 0.29) is 2.85 Å². The molecule has 1 aromatic rings. The fourth-order valence-electron chi connectivity index (χ4n) is 4.80. The number of pyridine rings is 1. The van der Waals surface area contributed by atoms with Crippen LogP contribution in [-0.4, -0.2) is 34.1 Å². The summed E-state index contributed by atoms with van der Waals surface area (Å²) in [5.74, 6) is 1.20. The van der Waals surface area contributed by atoms with Crippen molar-refractivity contribution in [1.29, 1.82) is 0 Å². The summed E-state index contributed by atoms with van der Waals surface area (Å²) < 4.78 is 0. The van der Waals surface area contributed by atoms with E-state index in [4.69, 9.17) is 5.21 Å². The van der Waals surface area contributed by atoms with E-state index in [0.29, 0.717) is 5.56 Å². The summed E-state index contributed by atoms with van der Waals surface area (Å²) in [6.45, 7) is 7.08. The van der Waals surface area contributed by atoms with E-state index < -0.39 is 5.91 Å². The zero-order valence-corrected chi connectivity index (χ0v) is 16.7. The van der Waals surface area contributed by atoms with Gasteiger partial charge in [0, 0.05) is 28.7 Å². The van der Waals surface area contributed by atoms with Crippen LogP contribution in [0.5, 0.6) is 0 Å². The van der Waals surface area contributed by atoms with Gasteiger partial charge < -0.3 is 0 Å². The summed E-state index contributed by atoms with van der Waals surface area (Å²) in [6, 6.07) is 1.87. The second-order valence-electron chi connectivity index (χ2n) is 7.92. The van der Waals surface area contributed by atoms with Crippen LogP contribution in [0.4, 0.5) is 0 Å². The predicted molar refractivity (Wildman–Crippen MR) is 111 cm³/mol. The van der Waals surface area contributed by atoms with Crippen molar-refractivity contribution in [3.63, 3.8) is 0 Å². The third kappa shape index (κ3) is 4.96. The molecule has 1 fully saturated rings. The third-order valence-corrected chi connectivity index (χ3v) is 6.08. The molecule has 2 unspecified atom stereocenters. The summed E-state index contributed by atoms with van der Waals surface area (Å²) in [6.07, 6.45) is 13.0. The number of nitrogens with one attached hydrogen (secondary N) is 1. The molecule has 2 N–H and O–H groups in total. The van der Waals surface area contributed by atoms with Gasteiger partial charge in [-0.2, -0.15) is 0 Å². The van der Waals surface area contributed by atoms with Gasteiger partial charge >= 0.3 is 0 Å². The van der Waals surface area contributed by atoms with Gasteiger partial charge in [-0.05, 0) is 68.4 Å². The van der Waals surface area contributed by atoms with E-state index in [0.717, 1.165) is 42.6 Å². The van der Waals surface area contributed by atoms with Gasteiger partial charge in [-0.1, -0.05) is 25.5 Å². The number of carbonyl (C=O) groups excluding carboxylic acids is 1. The number of allylic oxidation sites excluding steroid dienone is 2. The van der Waals surface area contributed by atoms with E-state index in [2.05, 4.69) is 16.0 Å². The standard InChI is InChI=1S/C20H27N3O2.C2H6.2H2/c24-20(22-25)18-10-17-6-7-23(13-19(17)21-11-18)12-16-3-1-2-14-4-5-15(8-14)9-16;1-2;;/h4,10-11,15-16,25H,1-3,5-9,12-13H2,(H,22,24);1-2H3;2*1H. The second kappa shape index (κ2) is 9.47. The lowest BCUT2D eigenvalue weighted by atomic mass is 9.84. The Morgan fingerprint density at radius 1 is 1.41 bits per heavy atom.